The molecule has 2 rings (SSSR count). The minimum absolute atomic E-state index is 0.0196. The van der Waals surface area contributed by atoms with E-state index in [1.165, 1.54) is 0 Å². The summed E-state index contributed by atoms with van der Waals surface area (Å²) in [4.78, 5) is 38.5. The second-order valence-corrected chi connectivity index (χ2v) is 4.88. The minimum Gasteiger partial charge on any atom is -0.450 e. The van der Waals surface area contributed by atoms with Crippen LogP contribution in [0.15, 0.2) is 12.1 Å². The average molecular weight is 293 g/mol. The van der Waals surface area contributed by atoms with Gasteiger partial charge in [0.25, 0.3) is 5.91 Å². The van der Waals surface area contributed by atoms with Gasteiger partial charge < -0.3 is 19.9 Å². The van der Waals surface area contributed by atoms with E-state index in [0.717, 1.165) is 0 Å². The summed E-state index contributed by atoms with van der Waals surface area (Å²) in [6.07, 6.45) is 1.73. The highest BCUT2D eigenvalue weighted by atomic mass is 16.6. The Morgan fingerprint density at radius 1 is 1.43 bits per heavy atom. The zero-order valence-electron chi connectivity index (χ0n) is 11.9. The molecule has 2 heterocycles. The van der Waals surface area contributed by atoms with Gasteiger partial charge in [-0.1, -0.05) is 0 Å². The number of likely N-dealkylation sites (tertiary alicyclic amines) is 1. The fraction of sp³-hybridized carbons (Fsp3) is 0.500. The van der Waals surface area contributed by atoms with Gasteiger partial charge in [-0.15, -0.1) is 0 Å². The van der Waals surface area contributed by atoms with E-state index in [9.17, 15) is 14.4 Å². The maximum absolute atomic E-state index is 12.0. The highest BCUT2D eigenvalue weighted by molar-refractivity contribution is 5.93. The summed E-state index contributed by atoms with van der Waals surface area (Å²) in [5.74, 6) is -0.238. The standard InChI is InChI=1S/C14H19N3O4/c1-2-21-14(20)17-7-5-10(6-8-17)16-13(19)12-4-3-11(9-18)15-12/h3-4,9-10,15H,2,5-8H2,1H3,(H,16,19). The van der Waals surface area contributed by atoms with E-state index in [1.54, 1.807) is 24.0 Å². The van der Waals surface area contributed by atoms with Crippen LogP contribution in [0, 0.1) is 0 Å². The number of rotatable bonds is 4. The van der Waals surface area contributed by atoms with Gasteiger partial charge >= 0.3 is 6.09 Å². The molecule has 7 heteroatoms. The Bertz CT molecular complexity index is 518. The van der Waals surface area contributed by atoms with Gasteiger partial charge in [0.15, 0.2) is 6.29 Å². The van der Waals surface area contributed by atoms with Crippen LogP contribution in [0.5, 0.6) is 0 Å². The lowest BCUT2D eigenvalue weighted by atomic mass is 10.1. The smallest absolute Gasteiger partial charge is 0.409 e. The second kappa shape index (κ2) is 6.92. The largest absolute Gasteiger partial charge is 0.450 e. The number of hydrogen-bond donors (Lipinski definition) is 2. The van der Waals surface area contributed by atoms with Crippen molar-refractivity contribution >= 4 is 18.3 Å². The third-order valence-electron chi connectivity index (χ3n) is 3.44. The fourth-order valence-corrected chi connectivity index (χ4v) is 2.30. The number of carbonyl (C=O) groups excluding carboxylic acids is 3. The Morgan fingerprint density at radius 3 is 2.71 bits per heavy atom. The van der Waals surface area contributed by atoms with Crippen LogP contribution in [0.4, 0.5) is 4.79 Å². The molecule has 21 heavy (non-hydrogen) atoms. The predicted octanol–water partition coefficient (Wildman–Crippen LogP) is 1.18. The fourth-order valence-electron chi connectivity index (χ4n) is 2.30. The van der Waals surface area contributed by atoms with Crippen molar-refractivity contribution in [3.63, 3.8) is 0 Å². The molecule has 1 fully saturated rings. The lowest BCUT2D eigenvalue weighted by molar-refractivity contribution is 0.0857. The van der Waals surface area contributed by atoms with Gasteiger partial charge in [-0.2, -0.15) is 0 Å². The van der Waals surface area contributed by atoms with Crippen LogP contribution in [0.2, 0.25) is 0 Å². The molecule has 1 aliphatic rings. The summed E-state index contributed by atoms with van der Waals surface area (Å²) >= 11 is 0. The van der Waals surface area contributed by atoms with Gasteiger partial charge in [0.05, 0.1) is 12.3 Å². The van der Waals surface area contributed by atoms with Crippen LogP contribution in [-0.2, 0) is 4.74 Å². The minimum atomic E-state index is -0.303. The lowest BCUT2D eigenvalue weighted by Crippen LogP contribution is -2.46. The Balaban J connectivity index is 1.81. The van der Waals surface area contributed by atoms with Crippen molar-refractivity contribution in [3.05, 3.63) is 23.5 Å². The maximum atomic E-state index is 12.0. The van der Waals surface area contributed by atoms with Gasteiger partial charge in [-0.05, 0) is 31.9 Å². The Kier molecular flexibility index (Phi) is 4.97. The summed E-state index contributed by atoms with van der Waals surface area (Å²) in [7, 11) is 0. The van der Waals surface area contributed by atoms with Gasteiger partial charge in [0.1, 0.15) is 5.69 Å². The molecule has 0 aliphatic carbocycles. The molecule has 1 aliphatic heterocycles. The summed E-state index contributed by atoms with van der Waals surface area (Å²) in [5.41, 5.74) is 0.738. The first-order valence-corrected chi connectivity index (χ1v) is 7.00. The molecule has 0 radical (unpaired) electrons. The molecule has 0 unspecified atom stereocenters. The van der Waals surface area contributed by atoms with E-state index in [-0.39, 0.29) is 18.0 Å². The molecule has 1 saturated heterocycles. The molecular weight excluding hydrogens is 274 g/mol. The topological polar surface area (TPSA) is 91.5 Å². The molecule has 1 aromatic heterocycles. The Morgan fingerprint density at radius 2 is 2.14 bits per heavy atom. The van der Waals surface area contributed by atoms with Crippen molar-refractivity contribution in [2.45, 2.75) is 25.8 Å². The van der Waals surface area contributed by atoms with E-state index in [4.69, 9.17) is 4.74 Å². The zero-order valence-corrected chi connectivity index (χ0v) is 11.9. The zero-order chi connectivity index (χ0) is 15.2. The van der Waals surface area contributed by atoms with Crippen molar-refractivity contribution in [1.29, 1.82) is 0 Å². The Labute approximate surface area is 122 Å². The number of carbonyl (C=O) groups is 3. The van der Waals surface area contributed by atoms with Crippen molar-refractivity contribution in [2.75, 3.05) is 19.7 Å². The number of amides is 2. The number of aromatic amines is 1. The van der Waals surface area contributed by atoms with Crippen LogP contribution in [0.25, 0.3) is 0 Å². The molecule has 2 N–H and O–H groups in total. The van der Waals surface area contributed by atoms with E-state index >= 15 is 0 Å². The Hall–Kier alpha value is -2.31. The number of hydrogen-bond acceptors (Lipinski definition) is 4. The summed E-state index contributed by atoms with van der Waals surface area (Å²) in [5, 5.41) is 2.90. The summed E-state index contributed by atoms with van der Waals surface area (Å²) in [6.45, 7) is 3.26. The SMILES string of the molecule is CCOC(=O)N1CCC(NC(=O)c2ccc(C=O)[nH]2)CC1. The van der Waals surface area contributed by atoms with Crippen LogP contribution < -0.4 is 5.32 Å². The molecule has 1 aromatic rings. The first-order valence-electron chi connectivity index (χ1n) is 7.00. The molecule has 7 nitrogen and oxygen atoms in total. The van der Waals surface area contributed by atoms with Crippen molar-refractivity contribution in [1.82, 2.24) is 15.2 Å². The van der Waals surface area contributed by atoms with Gasteiger partial charge in [-0.3, -0.25) is 9.59 Å². The van der Waals surface area contributed by atoms with Gasteiger partial charge in [0, 0.05) is 19.1 Å². The molecule has 2 amide bonds. The predicted molar refractivity (Wildman–Crippen MR) is 75.3 cm³/mol. The molecule has 0 spiro atoms. The summed E-state index contributed by atoms with van der Waals surface area (Å²) in [6, 6.07) is 3.16. The second-order valence-electron chi connectivity index (χ2n) is 4.88. The number of nitrogens with zero attached hydrogens (tertiary/aromatic N) is 1. The number of H-pyrrole nitrogens is 1. The molecule has 0 bridgehead atoms. The quantitative estimate of drug-likeness (QED) is 0.815. The first-order chi connectivity index (χ1) is 10.1. The third-order valence-corrected chi connectivity index (χ3v) is 3.44. The molecule has 114 valence electrons. The van der Waals surface area contributed by atoms with Gasteiger partial charge in [-0.25, -0.2) is 4.79 Å². The summed E-state index contributed by atoms with van der Waals surface area (Å²) < 4.78 is 4.94. The molecule has 0 saturated carbocycles. The van der Waals surface area contributed by atoms with Crippen LogP contribution >= 0.6 is 0 Å². The monoisotopic (exact) mass is 293 g/mol. The van der Waals surface area contributed by atoms with Crippen molar-refractivity contribution in [2.24, 2.45) is 0 Å². The van der Waals surface area contributed by atoms with Crippen LogP contribution in [0.1, 0.15) is 40.7 Å². The highest BCUT2D eigenvalue weighted by Gasteiger charge is 2.25. The molecule has 0 atom stereocenters. The third kappa shape index (κ3) is 3.84. The number of nitrogens with one attached hydrogen (secondary N) is 2. The number of aldehydes is 1. The van der Waals surface area contributed by atoms with E-state index in [1.807, 2.05) is 0 Å². The average Bonchev–Trinajstić information content (AvgIpc) is 2.97. The first kappa shape index (κ1) is 15.1. The van der Waals surface area contributed by atoms with E-state index in [2.05, 4.69) is 10.3 Å². The molecule has 0 aromatic carbocycles. The number of aromatic nitrogens is 1. The van der Waals surface area contributed by atoms with E-state index < -0.39 is 0 Å². The molecular formula is C14H19N3O4. The van der Waals surface area contributed by atoms with Crippen molar-refractivity contribution in [3.8, 4) is 0 Å². The number of piperidine rings is 1. The lowest BCUT2D eigenvalue weighted by Gasteiger charge is -2.31. The van der Waals surface area contributed by atoms with Gasteiger partial charge in [0.2, 0.25) is 0 Å². The van der Waals surface area contributed by atoms with Crippen LogP contribution in [-0.4, -0.2) is 53.9 Å². The number of ether oxygens (including phenoxy) is 1. The van der Waals surface area contributed by atoms with Crippen molar-refractivity contribution < 1.29 is 19.1 Å². The highest BCUT2D eigenvalue weighted by Crippen LogP contribution is 2.12. The maximum Gasteiger partial charge on any atom is 0.409 e. The van der Waals surface area contributed by atoms with E-state index in [0.29, 0.717) is 50.2 Å². The van der Waals surface area contributed by atoms with Crippen LogP contribution in [0.3, 0.4) is 0 Å². The normalized spacial score (nSPS) is 15.6.